The molecule has 0 saturated heterocycles. The van der Waals surface area contributed by atoms with E-state index in [1.54, 1.807) is 6.07 Å². The number of carbonyl (C=O) groups is 1. The van der Waals surface area contributed by atoms with E-state index >= 15 is 0 Å². The third-order valence-corrected chi connectivity index (χ3v) is 3.09. The van der Waals surface area contributed by atoms with Crippen molar-refractivity contribution in [3.63, 3.8) is 0 Å². The number of aromatic nitrogens is 2. The van der Waals surface area contributed by atoms with Crippen molar-refractivity contribution in [2.45, 2.75) is 0 Å². The average molecular weight is 261 g/mol. The monoisotopic (exact) mass is 261 g/mol. The summed E-state index contributed by atoms with van der Waals surface area (Å²) in [6.45, 7) is 1.22. The molecule has 2 N–H and O–H groups in total. The van der Waals surface area contributed by atoms with Crippen molar-refractivity contribution < 1.29 is 14.6 Å². The summed E-state index contributed by atoms with van der Waals surface area (Å²) in [5, 5.41) is 9.14. The van der Waals surface area contributed by atoms with E-state index in [1.807, 2.05) is 11.9 Å². The van der Waals surface area contributed by atoms with E-state index in [9.17, 15) is 9.59 Å². The zero-order chi connectivity index (χ0) is 13.6. The van der Waals surface area contributed by atoms with Crippen LogP contribution in [0.25, 0.3) is 11.0 Å². The number of nitrogens with one attached hydrogen (secondary N) is 1. The van der Waals surface area contributed by atoms with Crippen LogP contribution in [0.15, 0.2) is 17.1 Å². The van der Waals surface area contributed by atoms with Crippen molar-refractivity contribution in [2.75, 3.05) is 25.1 Å². The Morgan fingerprint density at radius 1 is 1.58 bits per heavy atom. The van der Waals surface area contributed by atoms with Gasteiger partial charge in [0.1, 0.15) is 17.8 Å². The van der Waals surface area contributed by atoms with E-state index in [2.05, 4.69) is 9.97 Å². The highest BCUT2D eigenvalue weighted by Crippen LogP contribution is 2.30. The van der Waals surface area contributed by atoms with Gasteiger partial charge in [-0.1, -0.05) is 0 Å². The third-order valence-electron chi connectivity index (χ3n) is 3.09. The van der Waals surface area contributed by atoms with Gasteiger partial charge in [0.25, 0.3) is 0 Å². The molecule has 2 aromatic rings. The molecule has 0 spiro atoms. The van der Waals surface area contributed by atoms with Crippen LogP contribution in [0.1, 0.15) is 10.4 Å². The third kappa shape index (κ3) is 1.70. The van der Waals surface area contributed by atoms with Gasteiger partial charge in [-0.25, -0.2) is 9.78 Å². The minimum atomic E-state index is -1.26. The molecule has 0 atom stereocenters. The fraction of sp³-hybridized carbons (Fsp3) is 0.250. The molecule has 3 heterocycles. The lowest BCUT2D eigenvalue weighted by molar-refractivity contribution is 0.0695. The van der Waals surface area contributed by atoms with Crippen LogP contribution < -0.4 is 15.1 Å². The number of fused-ring (bicyclic) bond motifs is 2. The van der Waals surface area contributed by atoms with Gasteiger partial charge in [-0.05, 0) is 6.07 Å². The van der Waals surface area contributed by atoms with Crippen LogP contribution in [-0.2, 0) is 0 Å². The predicted molar refractivity (Wildman–Crippen MR) is 68.1 cm³/mol. The van der Waals surface area contributed by atoms with E-state index in [4.69, 9.17) is 9.84 Å². The molecule has 0 bridgehead atoms. The van der Waals surface area contributed by atoms with Gasteiger partial charge in [-0.15, -0.1) is 0 Å². The van der Waals surface area contributed by atoms with Crippen molar-refractivity contribution in [1.29, 1.82) is 0 Å². The number of nitrogens with zero attached hydrogens (tertiary/aromatic N) is 2. The van der Waals surface area contributed by atoms with Crippen molar-refractivity contribution >= 4 is 22.8 Å². The van der Waals surface area contributed by atoms with Gasteiger partial charge < -0.3 is 19.7 Å². The SMILES string of the molecule is CN1CCOc2cc3c(=O)c(C(=O)O)c[nH]c3nc21. The predicted octanol–water partition coefficient (Wildman–Crippen LogP) is 0.450. The smallest absolute Gasteiger partial charge is 0.341 e. The van der Waals surface area contributed by atoms with Crippen molar-refractivity contribution in [2.24, 2.45) is 0 Å². The Hall–Kier alpha value is -2.57. The highest BCUT2D eigenvalue weighted by Gasteiger charge is 2.20. The number of H-pyrrole nitrogens is 1. The minimum absolute atomic E-state index is 0.217. The van der Waals surface area contributed by atoms with Gasteiger partial charge in [0.05, 0.1) is 11.9 Å². The first-order chi connectivity index (χ1) is 9.08. The summed E-state index contributed by atoms with van der Waals surface area (Å²) in [4.78, 5) is 31.9. The minimum Gasteiger partial charge on any atom is -0.488 e. The topological polar surface area (TPSA) is 95.5 Å². The number of rotatable bonds is 1. The first-order valence-electron chi connectivity index (χ1n) is 5.71. The van der Waals surface area contributed by atoms with Crippen LogP contribution in [0.3, 0.4) is 0 Å². The van der Waals surface area contributed by atoms with Gasteiger partial charge in [0, 0.05) is 13.2 Å². The van der Waals surface area contributed by atoms with Crippen LogP contribution in [0.5, 0.6) is 5.75 Å². The van der Waals surface area contributed by atoms with E-state index in [0.717, 1.165) is 6.20 Å². The fourth-order valence-electron chi connectivity index (χ4n) is 2.06. The first kappa shape index (κ1) is 11.5. The highest BCUT2D eigenvalue weighted by molar-refractivity contribution is 5.92. The molecular formula is C12H11N3O4. The summed E-state index contributed by atoms with van der Waals surface area (Å²) in [7, 11) is 1.88. The fourth-order valence-corrected chi connectivity index (χ4v) is 2.06. The Kier molecular flexibility index (Phi) is 2.41. The first-order valence-corrected chi connectivity index (χ1v) is 5.71. The molecule has 0 saturated carbocycles. The van der Waals surface area contributed by atoms with Crippen molar-refractivity contribution in [3.05, 3.63) is 28.0 Å². The number of ether oxygens (including phenoxy) is 1. The lowest BCUT2D eigenvalue weighted by Gasteiger charge is -2.26. The number of carboxylic acid groups (broad SMARTS) is 1. The largest absolute Gasteiger partial charge is 0.488 e. The molecular weight excluding hydrogens is 250 g/mol. The maximum Gasteiger partial charge on any atom is 0.341 e. The molecule has 0 aromatic carbocycles. The number of aromatic amines is 1. The molecule has 1 aliphatic heterocycles. The summed E-state index contributed by atoms with van der Waals surface area (Å²) in [6, 6.07) is 1.54. The molecule has 1 aliphatic rings. The standard InChI is InChI=1S/C12H11N3O4/c1-15-2-3-19-8-4-6-9(16)7(12(17)18)5-13-10(6)14-11(8)15/h4-5H,2-3H2,1H3,(H,17,18)(H,13,14,16). The quantitative estimate of drug-likeness (QED) is 0.773. The second kappa shape index (κ2) is 3.98. The summed E-state index contributed by atoms with van der Waals surface area (Å²) in [5.41, 5.74) is -0.516. The number of hydrogen-bond acceptors (Lipinski definition) is 5. The zero-order valence-corrected chi connectivity index (χ0v) is 10.1. The Labute approximate surface area is 107 Å². The Balaban J connectivity index is 2.31. The highest BCUT2D eigenvalue weighted by atomic mass is 16.5. The van der Waals surface area contributed by atoms with Gasteiger partial charge in [-0.3, -0.25) is 4.79 Å². The number of pyridine rings is 2. The molecule has 0 amide bonds. The second-order valence-electron chi connectivity index (χ2n) is 4.31. The molecule has 0 aliphatic carbocycles. The van der Waals surface area contributed by atoms with Gasteiger partial charge in [-0.2, -0.15) is 0 Å². The molecule has 2 aromatic heterocycles. The van der Waals surface area contributed by atoms with E-state index in [0.29, 0.717) is 30.4 Å². The average Bonchev–Trinajstić information content (AvgIpc) is 2.38. The summed E-state index contributed by atoms with van der Waals surface area (Å²) >= 11 is 0. The number of carboxylic acids is 1. The molecule has 0 fully saturated rings. The molecule has 3 rings (SSSR count). The lowest BCUT2D eigenvalue weighted by Crippen LogP contribution is -2.30. The second-order valence-corrected chi connectivity index (χ2v) is 4.31. The van der Waals surface area contributed by atoms with E-state index < -0.39 is 11.4 Å². The van der Waals surface area contributed by atoms with Gasteiger partial charge in [0.15, 0.2) is 11.6 Å². The number of aromatic carboxylic acids is 1. The van der Waals surface area contributed by atoms with Crippen LogP contribution in [0.4, 0.5) is 5.82 Å². The van der Waals surface area contributed by atoms with Gasteiger partial charge in [0.2, 0.25) is 5.43 Å². The summed E-state index contributed by atoms with van der Waals surface area (Å²) < 4.78 is 5.45. The Morgan fingerprint density at radius 2 is 2.37 bits per heavy atom. The maximum absolute atomic E-state index is 12.0. The number of anilines is 1. The number of hydrogen-bond donors (Lipinski definition) is 2. The molecule has 7 nitrogen and oxygen atoms in total. The zero-order valence-electron chi connectivity index (χ0n) is 10.1. The van der Waals surface area contributed by atoms with E-state index in [-0.39, 0.29) is 10.9 Å². The van der Waals surface area contributed by atoms with Crippen LogP contribution in [-0.4, -0.2) is 41.2 Å². The van der Waals surface area contributed by atoms with Crippen molar-refractivity contribution in [1.82, 2.24) is 9.97 Å². The molecule has 19 heavy (non-hydrogen) atoms. The van der Waals surface area contributed by atoms with E-state index in [1.165, 1.54) is 0 Å². The Morgan fingerprint density at radius 3 is 3.11 bits per heavy atom. The normalized spacial score (nSPS) is 14.1. The molecule has 0 unspecified atom stereocenters. The van der Waals surface area contributed by atoms with Crippen LogP contribution in [0, 0.1) is 0 Å². The summed E-state index contributed by atoms with van der Waals surface area (Å²) in [5.74, 6) is -0.134. The van der Waals surface area contributed by atoms with Crippen LogP contribution >= 0.6 is 0 Å². The molecule has 98 valence electrons. The number of likely N-dealkylation sites (N-methyl/N-ethyl adjacent to an activating group) is 1. The van der Waals surface area contributed by atoms with Crippen LogP contribution in [0.2, 0.25) is 0 Å². The molecule has 7 heteroatoms. The molecule has 0 radical (unpaired) electrons. The van der Waals surface area contributed by atoms with Gasteiger partial charge >= 0.3 is 5.97 Å². The van der Waals surface area contributed by atoms with Crippen molar-refractivity contribution in [3.8, 4) is 5.75 Å². The maximum atomic E-state index is 12.0. The lowest BCUT2D eigenvalue weighted by atomic mass is 10.2. The Bertz CT molecular complexity index is 738. The summed E-state index contributed by atoms with van der Waals surface area (Å²) in [6.07, 6.45) is 1.16.